The first kappa shape index (κ1) is 14.0. The van der Waals surface area contributed by atoms with Crippen molar-refractivity contribution < 1.29 is 0 Å². The maximum absolute atomic E-state index is 12.1. The molecule has 0 saturated heterocycles. The van der Waals surface area contributed by atoms with Gasteiger partial charge in [0.15, 0.2) is 0 Å². The molecule has 0 spiro atoms. The molecule has 0 N–H and O–H groups in total. The Hall–Kier alpha value is -2.41. The van der Waals surface area contributed by atoms with Gasteiger partial charge in [-0.1, -0.05) is 23.8 Å². The summed E-state index contributed by atoms with van der Waals surface area (Å²) in [7, 11) is 0. The minimum atomic E-state index is -0.178. The molecule has 0 atom stereocenters. The van der Waals surface area contributed by atoms with Gasteiger partial charge in [0.05, 0.1) is 18.2 Å². The minimum absolute atomic E-state index is 0.110. The van der Waals surface area contributed by atoms with Gasteiger partial charge in [0.1, 0.15) is 0 Å². The summed E-state index contributed by atoms with van der Waals surface area (Å²) in [5, 5.41) is 13.2. The van der Waals surface area contributed by atoms with Crippen molar-refractivity contribution in [3.05, 3.63) is 51.3 Å². The lowest BCUT2D eigenvalue weighted by Gasteiger charge is -2.10. The Kier molecular flexibility index (Phi) is 3.99. The molecule has 1 aromatic heterocycles. The van der Waals surface area contributed by atoms with Crippen LogP contribution in [0.15, 0.2) is 29.1 Å². The number of aryl methyl sites for hydroxylation is 3. The Balaban J connectivity index is 2.65. The largest absolute Gasteiger partial charge is 0.271 e. The molecule has 0 radical (unpaired) electrons. The first-order valence-electron chi connectivity index (χ1n) is 6.62. The molecule has 4 heteroatoms. The molecule has 20 heavy (non-hydrogen) atoms. The minimum Gasteiger partial charge on any atom is -0.267 e. The van der Waals surface area contributed by atoms with Crippen LogP contribution in [0.1, 0.15) is 23.6 Å². The van der Waals surface area contributed by atoms with E-state index >= 15 is 0 Å². The molecular formula is C16H17N3O. The summed E-state index contributed by atoms with van der Waals surface area (Å²) in [5.74, 6) is 0. The number of aromatic nitrogens is 2. The second-order valence-corrected chi connectivity index (χ2v) is 4.83. The molecule has 0 saturated carbocycles. The van der Waals surface area contributed by atoms with Gasteiger partial charge in [0, 0.05) is 17.7 Å². The van der Waals surface area contributed by atoms with E-state index in [1.54, 1.807) is 6.07 Å². The highest BCUT2D eigenvalue weighted by atomic mass is 16.1. The van der Waals surface area contributed by atoms with Crippen molar-refractivity contribution in [2.45, 2.75) is 33.7 Å². The van der Waals surface area contributed by atoms with Crippen LogP contribution in [0.3, 0.4) is 0 Å². The highest BCUT2D eigenvalue weighted by Crippen LogP contribution is 2.22. The van der Waals surface area contributed by atoms with Crippen LogP contribution in [0.5, 0.6) is 0 Å². The average molecular weight is 267 g/mol. The van der Waals surface area contributed by atoms with E-state index in [4.69, 9.17) is 5.26 Å². The quantitative estimate of drug-likeness (QED) is 0.859. The third kappa shape index (κ3) is 2.62. The normalized spacial score (nSPS) is 10.3. The highest BCUT2D eigenvalue weighted by Gasteiger charge is 2.10. The van der Waals surface area contributed by atoms with Gasteiger partial charge in [-0.3, -0.25) is 4.79 Å². The van der Waals surface area contributed by atoms with Gasteiger partial charge in [-0.05, 0) is 32.4 Å². The Morgan fingerprint density at radius 3 is 2.65 bits per heavy atom. The summed E-state index contributed by atoms with van der Waals surface area (Å²) in [4.78, 5) is 12.1. The summed E-state index contributed by atoms with van der Waals surface area (Å²) >= 11 is 0. The number of hydrogen-bond donors (Lipinski definition) is 0. The highest BCUT2D eigenvalue weighted by molar-refractivity contribution is 5.64. The summed E-state index contributed by atoms with van der Waals surface area (Å²) in [5.41, 5.74) is 4.36. The van der Waals surface area contributed by atoms with Gasteiger partial charge in [-0.25, -0.2) is 4.68 Å². The van der Waals surface area contributed by atoms with Crippen LogP contribution in [0.4, 0.5) is 0 Å². The molecule has 0 fully saturated rings. The SMILES string of the molecule is CCn1nc(-c2ccc(C)cc2C)cc(CC#N)c1=O. The van der Waals surface area contributed by atoms with Crippen molar-refractivity contribution in [3.63, 3.8) is 0 Å². The predicted molar refractivity (Wildman–Crippen MR) is 78.4 cm³/mol. The molecule has 4 nitrogen and oxygen atoms in total. The van der Waals surface area contributed by atoms with E-state index in [1.807, 2.05) is 39.0 Å². The number of nitriles is 1. The van der Waals surface area contributed by atoms with E-state index in [1.165, 1.54) is 10.2 Å². The number of benzene rings is 1. The van der Waals surface area contributed by atoms with Gasteiger partial charge in [0.2, 0.25) is 0 Å². The molecule has 0 aliphatic rings. The van der Waals surface area contributed by atoms with Crippen LogP contribution in [-0.4, -0.2) is 9.78 Å². The van der Waals surface area contributed by atoms with Crippen molar-refractivity contribution in [1.82, 2.24) is 9.78 Å². The fraction of sp³-hybridized carbons (Fsp3) is 0.312. The number of hydrogen-bond acceptors (Lipinski definition) is 3. The van der Waals surface area contributed by atoms with Crippen LogP contribution < -0.4 is 5.56 Å². The molecule has 0 aliphatic heterocycles. The monoisotopic (exact) mass is 267 g/mol. The molecular weight excluding hydrogens is 250 g/mol. The van der Waals surface area contributed by atoms with Gasteiger partial charge in [-0.15, -0.1) is 0 Å². The van der Waals surface area contributed by atoms with E-state index < -0.39 is 0 Å². The van der Waals surface area contributed by atoms with E-state index in [2.05, 4.69) is 11.2 Å². The smallest absolute Gasteiger partial charge is 0.267 e. The molecule has 0 bridgehead atoms. The van der Waals surface area contributed by atoms with Gasteiger partial charge >= 0.3 is 0 Å². The summed E-state index contributed by atoms with van der Waals surface area (Å²) in [6.07, 6.45) is 0.110. The molecule has 0 amide bonds. The van der Waals surface area contributed by atoms with Crippen molar-refractivity contribution in [3.8, 4) is 17.3 Å². The zero-order valence-corrected chi connectivity index (χ0v) is 12.0. The zero-order valence-electron chi connectivity index (χ0n) is 12.0. The number of rotatable bonds is 3. The number of nitrogens with zero attached hydrogens (tertiary/aromatic N) is 3. The van der Waals surface area contributed by atoms with E-state index in [0.29, 0.717) is 12.1 Å². The lowest BCUT2D eigenvalue weighted by Crippen LogP contribution is -2.25. The molecule has 2 aromatic rings. The van der Waals surface area contributed by atoms with Gasteiger partial charge in [-0.2, -0.15) is 10.4 Å². The Morgan fingerprint density at radius 2 is 2.05 bits per heavy atom. The summed E-state index contributed by atoms with van der Waals surface area (Å²) in [6, 6.07) is 9.89. The molecule has 2 rings (SSSR count). The average Bonchev–Trinajstić information content (AvgIpc) is 2.41. The predicted octanol–water partition coefficient (Wildman–Crippen LogP) is 2.61. The Labute approximate surface area is 118 Å². The fourth-order valence-electron chi connectivity index (χ4n) is 2.26. The van der Waals surface area contributed by atoms with Crippen LogP contribution in [-0.2, 0) is 13.0 Å². The second kappa shape index (κ2) is 5.70. The van der Waals surface area contributed by atoms with Crippen molar-refractivity contribution >= 4 is 0 Å². The molecule has 1 aromatic carbocycles. The first-order valence-corrected chi connectivity index (χ1v) is 6.62. The van der Waals surface area contributed by atoms with Crippen molar-refractivity contribution in [2.75, 3.05) is 0 Å². The summed E-state index contributed by atoms with van der Waals surface area (Å²) in [6.45, 7) is 6.43. The molecule has 1 heterocycles. The van der Waals surface area contributed by atoms with Crippen LogP contribution in [0, 0.1) is 25.2 Å². The van der Waals surface area contributed by atoms with Crippen molar-refractivity contribution in [2.24, 2.45) is 0 Å². The van der Waals surface area contributed by atoms with Crippen LogP contribution in [0.2, 0.25) is 0 Å². The lowest BCUT2D eigenvalue weighted by atomic mass is 10.0. The second-order valence-electron chi connectivity index (χ2n) is 4.83. The van der Waals surface area contributed by atoms with Crippen LogP contribution in [0.25, 0.3) is 11.3 Å². The molecule has 0 aliphatic carbocycles. The standard InChI is InChI=1S/C16H17N3O/c1-4-19-16(20)13(7-8-17)10-15(18-19)14-6-5-11(2)9-12(14)3/h5-6,9-10H,4,7H2,1-3H3. The maximum atomic E-state index is 12.1. The third-order valence-corrected chi connectivity index (χ3v) is 3.28. The Morgan fingerprint density at radius 1 is 1.30 bits per heavy atom. The third-order valence-electron chi connectivity index (χ3n) is 3.28. The lowest BCUT2D eigenvalue weighted by molar-refractivity contribution is 0.612. The molecule has 102 valence electrons. The van der Waals surface area contributed by atoms with E-state index in [9.17, 15) is 4.79 Å². The molecule has 0 unspecified atom stereocenters. The zero-order chi connectivity index (χ0) is 14.7. The van der Waals surface area contributed by atoms with E-state index in [0.717, 1.165) is 16.8 Å². The van der Waals surface area contributed by atoms with Crippen molar-refractivity contribution in [1.29, 1.82) is 5.26 Å². The van der Waals surface area contributed by atoms with E-state index in [-0.39, 0.29) is 12.0 Å². The van der Waals surface area contributed by atoms with Gasteiger partial charge < -0.3 is 0 Å². The van der Waals surface area contributed by atoms with Gasteiger partial charge in [0.25, 0.3) is 5.56 Å². The first-order chi connectivity index (χ1) is 9.56. The Bertz CT molecular complexity index is 738. The fourth-order valence-corrected chi connectivity index (χ4v) is 2.26. The topological polar surface area (TPSA) is 58.7 Å². The van der Waals surface area contributed by atoms with Crippen LogP contribution >= 0.6 is 0 Å². The maximum Gasteiger partial charge on any atom is 0.271 e. The summed E-state index contributed by atoms with van der Waals surface area (Å²) < 4.78 is 1.42.